The number of ether oxygens (including phenoxy) is 1. The van der Waals surface area contributed by atoms with Gasteiger partial charge in [0.1, 0.15) is 6.61 Å². The van der Waals surface area contributed by atoms with Gasteiger partial charge in [0.15, 0.2) is 0 Å². The molecule has 0 saturated carbocycles. The first-order chi connectivity index (χ1) is 4.88. The third-order valence-electron chi connectivity index (χ3n) is 1.60. The van der Waals surface area contributed by atoms with Gasteiger partial charge in [0.05, 0.1) is 5.56 Å². The maximum atomic E-state index is 10.8. The van der Waals surface area contributed by atoms with Gasteiger partial charge in [0.25, 0.3) is 0 Å². The first-order valence-electron chi connectivity index (χ1n) is 3.13. The summed E-state index contributed by atoms with van der Waals surface area (Å²) in [5.41, 5.74) is 1.70. The van der Waals surface area contributed by atoms with Crippen molar-refractivity contribution in [3.63, 3.8) is 0 Å². The molecule has 0 amide bonds. The van der Waals surface area contributed by atoms with E-state index in [9.17, 15) is 4.79 Å². The molecular formula is C8H6NaO2. The topological polar surface area (TPSA) is 26.3 Å². The quantitative estimate of drug-likeness (QED) is 0.414. The fourth-order valence-corrected chi connectivity index (χ4v) is 1.07. The summed E-state index contributed by atoms with van der Waals surface area (Å²) in [5, 5.41) is 0. The van der Waals surface area contributed by atoms with Crippen LogP contribution in [0.4, 0.5) is 0 Å². The molecule has 0 fully saturated rings. The average Bonchev–Trinajstić information content (AvgIpc) is 2.34. The molecule has 3 heteroatoms. The van der Waals surface area contributed by atoms with E-state index in [-0.39, 0.29) is 35.5 Å². The Morgan fingerprint density at radius 1 is 1.27 bits per heavy atom. The first-order valence-corrected chi connectivity index (χ1v) is 3.13. The van der Waals surface area contributed by atoms with Crippen molar-refractivity contribution in [2.24, 2.45) is 0 Å². The van der Waals surface area contributed by atoms with Crippen LogP contribution >= 0.6 is 0 Å². The number of esters is 1. The minimum atomic E-state index is -0.199. The van der Waals surface area contributed by atoms with Gasteiger partial charge in [-0.25, -0.2) is 4.79 Å². The molecule has 0 aliphatic carbocycles. The van der Waals surface area contributed by atoms with Gasteiger partial charge in [-0.1, -0.05) is 18.2 Å². The van der Waals surface area contributed by atoms with E-state index in [0.717, 1.165) is 5.56 Å². The number of hydrogen-bond donors (Lipinski definition) is 0. The fraction of sp³-hybridized carbons (Fsp3) is 0.125. The van der Waals surface area contributed by atoms with Gasteiger partial charge < -0.3 is 4.74 Å². The molecule has 0 aromatic heterocycles. The number of fused-ring (bicyclic) bond motifs is 1. The summed E-state index contributed by atoms with van der Waals surface area (Å²) in [5.74, 6) is -0.199. The molecule has 1 aliphatic heterocycles. The van der Waals surface area contributed by atoms with Gasteiger partial charge in [0.2, 0.25) is 0 Å². The van der Waals surface area contributed by atoms with Crippen LogP contribution in [-0.2, 0) is 11.3 Å². The molecule has 1 aromatic carbocycles. The second-order valence-corrected chi connectivity index (χ2v) is 2.23. The SMILES string of the molecule is O=C1OCc2ccccc21.[Na]. The predicted octanol–water partition coefficient (Wildman–Crippen LogP) is 0.976. The van der Waals surface area contributed by atoms with Crippen molar-refractivity contribution in [2.45, 2.75) is 6.61 Å². The molecule has 0 atom stereocenters. The Kier molecular flexibility index (Phi) is 2.71. The second-order valence-electron chi connectivity index (χ2n) is 2.23. The van der Waals surface area contributed by atoms with E-state index >= 15 is 0 Å². The monoisotopic (exact) mass is 157 g/mol. The molecule has 51 valence electrons. The fourth-order valence-electron chi connectivity index (χ4n) is 1.07. The van der Waals surface area contributed by atoms with Crippen molar-refractivity contribution in [1.29, 1.82) is 0 Å². The molecule has 2 rings (SSSR count). The molecule has 2 nitrogen and oxygen atoms in total. The Labute approximate surface area is 86.8 Å². The first kappa shape index (κ1) is 8.78. The molecule has 1 radical (unpaired) electrons. The zero-order valence-corrected chi connectivity index (χ0v) is 8.33. The molecule has 11 heavy (non-hydrogen) atoms. The normalized spacial score (nSPS) is 13.3. The second kappa shape index (κ2) is 3.39. The molecular weight excluding hydrogens is 151 g/mol. The maximum Gasteiger partial charge on any atom is 0.338 e. The maximum absolute atomic E-state index is 10.8. The van der Waals surface area contributed by atoms with Crippen LogP contribution in [0.5, 0.6) is 0 Å². The molecule has 1 aromatic rings. The van der Waals surface area contributed by atoms with Gasteiger partial charge >= 0.3 is 5.97 Å². The summed E-state index contributed by atoms with van der Waals surface area (Å²) < 4.78 is 4.78. The van der Waals surface area contributed by atoms with Crippen molar-refractivity contribution in [3.8, 4) is 0 Å². The van der Waals surface area contributed by atoms with Gasteiger partial charge in [-0.05, 0) is 6.07 Å². The Bertz CT molecular complexity index is 283. The minimum absolute atomic E-state index is 0. The molecule has 0 unspecified atom stereocenters. The van der Waals surface area contributed by atoms with Crippen LogP contribution in [0.3, 0.4) is 0 Å². The summed E-state index contributed by atoms with van der Waals surface area (Å²) in [4.78, 5) is 10.8. The van der Waals surface area contributed by atoms with Crippen molar-refractivity contribution in [1.82, 2.24) is 0 Å². The van der Waals surface area contributed by atoms with Gasteiger partial charge in [-0.15, -0.1) is 0 Å². The Hall–Kier alpha value is -0.310. The molecule has 0 bridgehead atoms. The predicted molar refractivity (Wildman–Crippen MR) is 41.3 cm³/mol. The van der Waals surface area contributed by atoms with Crippen molar-refractivity contribution in [3.05, 3.63) is 35.4 Å². The number of carbonyl (C=O) groups excluding carboxylic acids is 1. The summed E-state index contributed by atoms with van der Waals surface area (Å²) >= 11 is 0. The van der Waals surface area contributed by atoms with Gasteiger partial charge in [0, 0.05) is 35.1 Å². The number of hydrogen-bond acceptors (Lipinski definition) is 2. The van der Waals surface area contributed by atoms with Crippen LogP contribution in [0, 0.1) is 0 Å². The number of rotatable bonds is 0. The van der Waals surface area contributed by atoms with Crippen LogP contribution in [0.2, 0.25) is 0 Å². The largest absolute Gasteiger partial charge is 0.457 e. The van der Waals surface area contributed by atoms with E-state index in [1.165, 1.54) is 0 Å². The summed E-state index contributed by atoms with van der Waals surface area (Å²) in [6.45, 7) is 0.439. The van der Waals surface area contributed by atoms with E-state index < -0.39 is 0 Å². The van der Waals surface area contributed by atoms with E-state index in [2.05, 4.69) is 0 Å². The van der Waals surface area contributed by atoms with E-state index in [4.69, 9.17) is 4.74 Å². The molecule has 1 heterocycles. The van der Waals surface area contributed by atoms with E-state index in [1.807, 2.05) is 18.2 Å². The Morgan fingerprint density at radius 2 is 2.00 bits per heavy atom. The summed E-state index contributed by atoms with van der Waals surface area (Å²) in [6.07, 6.45) is 0. The van der Waals surface area contributed by atoms with Crippen molar-refractivity contribution >= 4 is 35.5 Å². The van der Waals surface area contributed by atoms with Crippen LogP contribution in [0.15, 0.2) is 24.3 Å². The number of carbonyl (C=O) groups is 1. The van der Waals surface area contributed by atoms with Crippen molar-refractivity contribution in [2.75, 3.05) is 0 Å². The summed E-state index contributed by atoms with van der Waals surface area (Å²) in [6, 6.07) is 7.43. The Morgan fingerprint density at radius 3 is 2.73 bits per heavy atom. The summed E-state index contributed by atoms with van der Waals surface area (Å²) in [7, 11) is 0. The average molecular weight is 157 g/mol. The standard InChI is InChI=1S/C8H6O2.Na/c9-8-7-4-2-1-3-6(7)5-10-8;/h1-4H,5H2;. The molecule has 0 saturated heterocycles. The molecule has 1 aliphatic rings. The molecule has 0 N–H and O–H groups in total. The van der Waals surface area contributed by atoms with Gasteiger partial charge in [-0.3, -0.25) is 0 Å². The zero-order valence-electron chi connectivity index (χ0n) is 6.33. The van der Waals surface area contributed by atoms with E-state index in [1.54, 1.807) is 6.07 Å². The van der Waals surface area contributed by atoms with Crippen LogP contribution in [0.1, 0.15) is 15.9 Å². The van der Waals surface area contributed by atoms with Crippen LogP contribution < -0.4 is 0 Å². The zero-order chi connectivity index (χ0) is 6.97. The molecule has 0 spiro atoms. The third-order valence-corrected chi connectivity index (χ3v) is 1.60. The van der Waals surface area contributed by atoms with E-state index in [0.29, 0.717) is 12.2 Å². The minimum Gasteiger partial charge on any atom is -0.457 e. The smallest absolute Gasteiger partial charge is 0.338 e. The van der Waals surface area contributed by atoms with Gasteiger partial charge in [-0.2, -0.15) is 0 Å². The third kappa shape index (κ3) is 1.48. The number of benzene rings is 1. The van der Waals surface area contributed by atoms with Crippen molar-refractivity contribution < 1.29 is 9.53 Å². The number of cyclic esters (lactones) is 1. The van der Waals surface area contributed by atoms with Crippen LogP contribution in [-0.4, -0.2) is 35.5 Å². The Balaban J connectivity index is 0.000000605. The van der Waals surface area contributed by atoms with Crippen LogP contribution in [0.25, 0.3) is 0 Å².